The van der Waals surface area contributed by atoms with Gasteiger partial charge in [0.2, 0.25) is 0 Å². The molecular formula is C33H31ClF3NO6S2. The summed E-state index contributed by atoms with van der Waals surface area (Å²) in [6, 6.07) is 15.7. The summed E-state index contributed by atoms with van der Waals surface area (Å²) in [6.07, 6.45) is -4.91. The van der Waals surface area contributed by atoms with Gasteiger partial charge in [-0.3, -0.25) is 8.98 Å². The van der Waals surface area contributed by atoms with Crippen LogP contribution in [-0.4, -0.2) is 34.4 Å². The van der Waals surface area contributed by atoms with Crippen LogP contribution in [0, 0.1) is 11.8 Å². The van der Waals surface area contributed by atoms with E-state index in [1.54, 1.807) is 83.1 Å². The fourth-order valence-electron chi connectivity index (χ4n) is 4.66. The Morgan fingerprint density at radius 1 is 0.935 bits per heavy atom. The summed E-state index contributed by atoms with van der Waals surface area (Å²) >= 11 is 7.69. The number of amides is 1. The molecule has 0 spiro atoms. The molecule has 0 saturated heterocycles. The lowest BCUT2D eigenvalue weighted by Crippen LogP contribution is -2.30. The van der Waals surface area contributed by atoms with Crippen molar-refractivity contribution in [3.05, 3.63) is 87.3 Å². The van der Waals surface area contributed by atoms with E-state index in [-0.39, 0.29) is 12.4 Å². The van der Waals surface area contributed by atoms with E-state index in [2.05, 4.69) is 21.9 Å². The van der Waals surface area contributed by atoms with Crippen LogP contribution in [0.2, 0.25) is 5.02 Å². The summed E-state index contributed by atoms with van der Waals surface area (Å²) in [5, 5.41) is 3.82. The van der Waals surface area contributed by atoms with Crippen LogP contribution in [0.1, 0.15) is 61.0 Å². The Balaban J connectivity index is 1.65. The second kappa shape index (κ2) is 13.2. The lowest BCUT2D eigenvalue weighted by Gasteiger charge is -2.28. The molecule has 7 nitrogen and oxygen atoms in total. The van der Waals surface area contributed by atoms with Crippen LogP contribution in [0.4, 0.5) is 18.9 Å². The maximum Gasteiger partial charge on any atom is 0.573 e. The molecule has 0 aliphatic heterocycles. The normalized spacial score (nSPS) is 12.4. The van der Waals surface area contributed by atoms with E-state index >= 15 is 0 Å². The molecular weight excluding hydrogens is 663 g/mol. The van der Waals surface area contributed by atoms with Crippen molar-refractivity contribution >= 4 is 54.7 Å². The SMILES string of the molecule is CC#CCOc1cc(OC(F)(F)F)cc(C(C)(C)c2cc(Cl)cc(NC(=O)c3cc4cc(C(C)(C)S(=O)(=O)OC)ccc4s3)c2)c1. The summed E-state index contributed by atoms with van der Waals surface area (Å²) in [7, 11) is -2.77. The Labute approximate surface area is 274 Å². The number of hydrogen-bond acceptors (Lipinski definition) is 7. The molecule has 0 aliphatic carbocycles. The van der Waals surface area contributed by atoms with Gasteiger partial charge in [0.15, 0.2) is 0 Å². The molecule has 0 bridgehead atoms. The quantitative estimate of drug-likeness (QED) is 0.132. The zero-order chi connectivity index (χ0) is 34.1. The van der Waals surface area contributed by atoms with Crippen molar-refractivity contribution in [1.82, 2.24) is 0 Å². The van der Waals surface area contributed by atoms with Gasteiger partial charge in [0.25, 0.3) is 16.0 Å². The summed E-state index contributed by atoms with van der Waals surface area (Å²) in [6.45, 7) is 8.26. The van der Waals surface area contributed by atoms with E-state index in [0.29, 0.717) is 37.7 Å². The topological polar surface area (TPSA) is 90.9 Å². The van der Waals surface area contributed by atoms with Crippen LogP contribution < -0.4 is 14.8 Å². The lowest BCUT2D eigenvalue weighted by molar-refractivity contribution is -0.274. The third-order valence-corrected chi connectivity index (χ3v) is 10.7. The zero-order valence-electron chi connectivity index (χ0n) is 25.8. The highest BCUT2D eigenvalue weighted by atomic mass is 35.5. The van der Waals surface area contributed by atoms with Crippen LogP contribution in [0.5, 0.6) is 11.5 Å². The van der Waals surface area contributed by atoms with Crippen LogP contribution in [0.3, 0.4) is 0 Å². The first-order valence-corrected chi connectivity index (χ1v) is 16.4. The molecule has 1 aromatic heterocycles. The fourth-order valence-corrected chi connectivity index (χ4v) is 6.67. The highest BCUT2D eigenvalue weighted by Gasteiger charge is 2.37. The molecule has 4 rings (SSSR count). The van der Waals surface area contributed by atoms with Gasteiger partial charge in [-0.2, -0.15) is 8.42 Å². The maximum absolute atomic E-state index is 13.4. The second-order valence-electron chi connectivity index (χ2n) is 11.3. The van der Waals surface area contributed by atoms with Gasteiger partial charge in [0, 0.05) is 26.9 Å². The minimum Gasteiger partial charge on any atom is -0.481 e. The Hall–Kier alpha value is -3.76. The van der Waals surface area contributed by atoms with Crippen molar-refractivity contribution in [2.75, 3.05) is 19.0 Å². The molecule has 244 valence electrons. The highest BCUT2D eigenvalue weighted by Crippen LogP contribution is 2.40. The molecule has 0 aliphatic rings. The van der Waals surface area contributed by atoms with Crippen LogP contribution in [-0.2, 0) is 24.5 Å². The summed E-state index contributed by atoms with van der Waals surface area (Å²) in [5.41, 5.74) is 0.981. The largest absolute Gasteiger partial charge is 0.573 e. The number of carbonyl (C=O) groups excluding carboxylic acids is 1. The Morgan fingerprint density at radius 3 is 2.26 bits per heavy atom. The van der Waals surface area contributed by atoms with E-state index < -0.39 is 38.3 Å². The van der Waals surface area contributed by atoms with Gasteiger partial charge in [-0.15, -0.1) is 30.4 Å². The average molecular weight is 694 g/mol. The Morgan fingerprint density at radius 2 is 1.61 bits per heavy atom. The molecule has 1 amide bonds. The van der Waals surface area contributed by atoms with Gasteiger partial charge in [0.1, 0.15) is 22.9 Å². The number of rotatable bonds is 10. The minimum atomic E-state index is -4.91. The Kier molecular flexibility index (Phi) is 10.0. The van der Waals surface area contributed by atoms with Crippen molar-refractivity contribution in [3.8, 4) is 23.3 Å². The van der Waals surface area contributed by atoms with Crippen molar-refractivity contribution in [1.29, 1.82) is 0 Å². The smallest absolute Gasteiger partial charge is 0.481 e. The second-order valence-corrected chi connectivity index (χ2v) is 15.0. The first-order valence-electron chi connectivity index (χ1n) is 13.8. The zero-order valence-corrected chi connectivity index (χ0v) is 28.1. The summed E-state index contributed by atoms with van der Waals surface area (Å²) in [4.78, 5) is 13.7. The number of carbonyl (C=O) groups is 1. The number of halogens is 4. The number of ether oxygens (including phenoxy) is 2. The van der Waals surface area contributed by atoms with Crippen LogP contribution in [0.25, 0.3) is 10.1 Å². The molecule has 0 fully saturated rings. The molecule has 1 heterocycles. The first-order chi connectivity index (χ1) is 21.4. The average Bonchev–Trinajstić information content (AvgIpc) is 3.40. The van der Waals surface area contributed by atoms with Gasteiger partial charge in [-0.1, -0.05) is 37.4 Å². The highest BCUT2D eigenvalue weighted by molar-refractivity contribution is 7.87. The molecule has 3 aromatic carbocycles. The van der Waals surface area contributed by atoms with E-state index in [1.807, 2.05) is 0 Å². The monoisotopic (exact) mass is 693 g/mol. The van der Waals surface area contributed by atoms with Crippen LogP contribution >= 0.6 is 22.9 Å². The molecule has 0 atom stereocenters. The van der Waals surface area contributed by atoms with Crippen molar-refractivity contribution < 1.29 is 40.0 Å². The third kappa shape index (κ3) is 7.78. The van der Waals surface area contributed by atoms with E-state index in [0.717, 1.165) is 17.9 Å². The summed E-state index contributed by atoms with van der Waals surface area (Å²) in [5.74, 6) is 4.63. The number of nitrogens with one attached hydrogen (secondary N) is 1. The number of hydrogen-bond donors (Lipinski definition) is 1. The van der Waals surface area contributed by atoms with E-state index in [1.165, 1.54) is 17.4 Å². The van der Waals surface area contributed by atoms with Gasteiger partial charge < -0.3 is 14.8 Å². The molecule has 13 heteroatoms. The predicted molar refractivity (Wildman–Crippen MR) is 174 cm³/mol. The van der Waals surface area contributed by atoms with Crippen molar-refractivity contribution in [3.63, 3.8) is 0 Å². The standard InChI is InChI=1S/C33H31ClF3NO6S2/c1-7-8-11-43-26-16-23(17-27(19-26)44-33(35,36)37)31(2,3)22-14-24(34)18-25(15-22)38-30(39)29-13-20-12-21(9-10-28(20)45-29)32(4,5)46(40,41)42-6/h9-10,12-19H,11H2,1-6H3,(H,38,39). The number of thiophene rings is 1. The van der Waals surface area contributed by atoms with Crippen molar-refractivity contribution in [2.24, 2.45) is 0 Å². The van der Waals surface area contributed by atoms with Gasteiger partial charge in [-0.25, -0.2) is 0 Å². The van der Waals surface area contributed by atoms with Crippen molar-refractivity contribution in [2.45, 2.75) is 51.1 Å². The minimum absolute atomic E-state index is 0.0256. The molecule has 0 saturated carbocycles. The molecule has 4 aromatic rings. The maximum atomic E-state index is 13.4. The van der Waals surface area contributed by atoms with Gasteiger partial charge in [-0.05, 0) is 91.4 Å². The lowest BCUT2D eigenvalue weighted by atomic mass is 9.78. The predicted octanol–water partition coefficient (Wildman–Crippen LogP) is 8.64. The number of benzene rings is 3. The van der Waals surface area contributed by atoms with E-state index in [9.17, 15) is 26.4 Å². The van der Waals surface area contributed by atoms with Gasteiger partial charge >= 0.3 is 6.36 Å². The Bertz CT molecular complexity index is 1960. The van der Waals surface area contributed by atoms with Crippen LogP contribution in [0.15, 0.2) is 60.7 Å². The molecule has 0 radical (unpaired) electrons. The first kappa shape index (κ1) is 35.1. The van der Waals surface area contributed by atoms with E-state index in [4.69, 9.17) is 20.5 Å². The molecule has 46 heavy (non-hydrogen) atoms. The van der Waals surface area contributed by atoms with Gasteiger partial charge in [0.05, 0.1) is 12.0 Å². The molecule has 1 N–H and O–H groups in total. The number of fused-ring (bicyclic) bond motifs is 1. The number of anilines is 1. The molecule has 0 unspecified atom stereocenters. The number of alkyl halides is 3. The summed E-state index contributed by atoms with van der Waals surface area (Å²) < 4.78 is 78.3. The third-order valence-electron chi connectivity index (χ3n) is 7.48. The fraction of sp³-hybridized carbons (Fsp3) is 0.303.